The summed E-state index contributed by atoms with van der Waals surface area (Å²) < 4.78 is 2.57. The zero-order valence-corrected chi connectivity index (χ0v) is 16.4. The van der Waals surface area contributed by atoms with Gasteiger partial charge in [0.1, 0.15) is 0 Å². The summed E-state index contributed by atoms with van der Waals surface area (Å²) in [4.78, 5) is 0. The van der Waals surface area contributed by atoms with E-state index < -0.39 is 0 Å². The van der Waals surface area contributed by atoms with Crippen molar-refractivity contribution in [2.75, 3.05) is 63.9 Å². The zero-order valence-electron chi connectivity index (χ0n) is 14.8. The molecule has 0 spiro atoms. The van der Waals surface area contributed by atoms with Gasteiger partial charge in [-0.15, -0.1) is 0 Å². The number of nitrogens with zero attached hydrogens (tertiary/aromatic N) is 2. The summed E-state index contributed by atoms with van der Waals surface area (Å²) in [6.45, 7) is 24.3. The molecule has 20 heavy (non-hydrogen) atoms. The van der Waals surface area contributed by atoms with Crippen molar-refractivity contribution in [2.24, 2.45) is 0 Å². The highest BCUT2D eigenvalue weighted by atomic mass is 33.1. The molecule has 0 aromatic carbocycles. The summed E-state index contributed by atoms with van der Waals surface area (Å²) in [5.74, 6) is 2.59. The number of rotatable bonds is 13. The fourth-order valence-corrected chi connectivity index (χ4v) is 5.18. The first-order valence-electron chi connectivity index (χ1n) is 8.52. The second-order valence-electron chi connectivity index (χ2n) is 5.67. The van der Waals surface area contributed by atoms with Crippen LogP contribution in [0, 0.1) is 0 Å². The van der Waals surface area contributed by atoms with E-state index in [1.54, 1.807) is 0 Å². The molecule has 0 heterocycles. The van der Waals surface area contributed by atoms with Crippen LogP contribution in [0.3, 0.4) is 0 Å². The lowest BCUT2D eigenvalue weighted by Gasteiger charge is -2.36. The topological polar surface area (TPSA) is 0 Å². The van der Waals surface area contributed by atoms with Crippen molar-refractivity contribution < 1.29 is 8.97 Å². The molecule has 0 aliphatic heterocycles. The van der Waals surface area contributed by atoms with Crippen LogP contribution in [-0.4, -0.2) is 72.8 Å². The lowest BCUT2D eigenvalue weighted by Crippen LogP contribution is -2.49. The average molecular weight is 323 g/mol. The number of hydrogen-bond acceptors (Lipinski definition) is 2. The standard InChI is InChI=1S/C16H38N2S2/c1-7-17(8-2,9-3)13-15-19-20-16-14-18(10-4,11-5)12-6/h7-16H2,1-6H3/q+2. The highest BCUT2D eigenvalue weighted by Crippen LogP contribution is 2.23. The van der Waals surface area contributed by atoms with Crippen LogP contribution < -0.4 is 0 Å². The van der Waals surface area contributed by atoms with E-state index in [0.717, 1.165) is 0 Å². The van der Waals surface area contributed by atoms with Crippen molar-refractivity contribution in [3.63, 3.8) is 0 Å². The van der Waals surface area contributed by atoms with Gasteiger partial charge in [0.05, 0.1) is 63.9 Å². The van der Waals surface area contributed by atoms with E-state index in [2.05, 4.69) is 63.1 Å². The Morgan fingerprint density at radius 1 is 0.500 bits per heavy atom. The molecule has 0 N–H and O–H groups in total. The quantitative estimate of drug-likeness (QED) is 0.284. The molecule has 0 aromatic heterocycles. The predicted molar refractivity (Wildman–Crippen MR) is 98.4 cm³/mol. The molecule has 0 bridgehead atoms. The fraction of sp³-hybridized carbons (Fsp3) is 1.00. The van der Waals surface area contributed by atoms with Crippen LogP contribution in [0.1, 0.15) is 41.5 Å². The van der Waals surface area contributed by atoms with Crippen molar-refractivity contribution in [2.45, 2.75) is 41.5 Å². The van der Waals surface area contributed by atoms with Gasteiger partial charge in [-0.25, -0.2) is 0 Å². The van der Waals surface area contributed by atoms with E-state index >= 15 is 0 Å². The van der Waals surface area contributed by atoms with E-state index in [9.17, 15) is 0 Å². The van der Waals surface area contributed by atoms with Gasteiger partial charge in [-0.2, -0.15) is 0 Å². The van der Waals surface area contributed by atoms with E-state index in [1.165, 1.54) is 72.8 Å². The third-order valence-electron chi connectivity index (χ3n) is 5.41. The van der Waals surface area contributed by atoms with E-state index in [-0.39, 0.29) is 0 Å². The molecule has 4 heteroatoms. The molecule has 0 radical (unpaired) electrons. The highest BCUT2D eigenvalue weighted by molar-refractivity contribution is 8.76. The minimum Gasteiger partial charge on any atom is -0.324 e. The van der Waals surface area contributed by atoms with Crippen LogP contribution in [-0.2, 0) is 0 Å². The Kier molecular flexibility index (Phi) is 11.6. The molecular formula is C16H38N2S2+2. The Hall–Kier alpha value is 0.620. The van der Waals surface area contributed by atoms with Crippen molar-refractivity contribution in [1.29, 1.82) is 0 Å². The van der Waals surface area contributed by atoms with Crippen molar-refractivity contribution >= 4 is 21.6 Å². The summed E-state index contributed by atoms with van der Waals surface area (Å²) >= 11 is 0. The van der Waals surface area contributed by atoms with Gasteiger partial charge in [-0.05, 0) is 41.5 Å². The minimum absolute atomic E-state index is 1.28. The Morgan fingerprint density at radius 3 is 0.950 bits per heavy atom. The Balaban J connectivity index is 3.87. The molecule has 122 valence electrons. The second-order valence-corrected chi connectivity index (χ2v) is 8.37. The molecule has 0 saturated heterocycles. The monoisotopic (exact) mass is 322 g/mol. The van der Waals surface area contributed by atoms with E-state index in [0.29, 0.717) is 0 Å². The molecule has 0 amide bonds. The molecular weight excluding hydrogens is 284 g/mol. The number of quaternary nitrogens is 2. The lowest BCUT2D eigenvalue weighted by molar-refractivity contribution is -0.921. The lowest BCUT2D eigenvalue weighted by atomic mass is 10.3. The third kappa shape index (κ3) is 6.59. The summed E-state index contributed by atoms with van der Waals surface area (Å²) in [7, 11) is 4.18. The molecule has 2 nitrogen and oxygen atoms in total. The van der Waals surface area contributed by atoms with Gasteiger partial charge < -0.3 is 8.97 Å². The van der Waals surface area contributed by atoms with Crippen LogP contribution in [0.4, 0.5) is 0 Å². The molecule has 0 saturated carbocycles. The van der Waals surface area contributed by atoms with Crippen molar-refractivity contribution in [3.05, 3.63) is 0 Å². The van der Waals surface area contributed by atoms with Gasteiger partial charge in [0, 0.05) is 0 Å². The fourth-order valence-electron chi connectivity index (χ4n) is 2.87. The summed E-state index contributed by atoms with van der Waals surface area (Å²) in [6, 6.07) is 0. The molecule has 0 fully saturated rings. The smallest absolute Gasteiger partial charge is 0.0886 e. The summed E-state index contributed by atoms with van der Waals surface area (Å²) in [5, 5.41) is 0. The Bertz CT molecular complexity index is 186. The first-order chi connectivity index (χ1) is 9.57. The van der Waals surface area contributed by atoms with E-state index in [1.807, 2.05) is 0 Å². The highest BCUT2D eigenvalue weighted by Gasteiger charge is 2.21. The van der Waals surface area contributed by atoms with E-state index in [4.69, 9.17) is 0 Å². The molecule has 0 unspecified atom stereocenters. The van der Waals surface area contributed by atoms with Crippen molar-refractivity contribution in [1.82, 2.24) is 0 Å². The first kappa shape index (κ1) is 20.6. The van der Waals surface area contributed by atoms with Crippen LogP contribution in [0.2, 0.25) is 0 Å². The molecule has 0 aliphatic rings. The van der Waals surface area contributed by atoms with Crippen LogP contribution in [0.15, 0.2) is 0 Å². The molecule has 0 atom stereocenters. The molecule has 0 aliphatic carbocycles. The summed E-state index contributed by atoms with van der Waals surface area (Å²) in [5.41, 5.74) is 0. The van der Waals surface area contributed by atoms with Gasteiger partial charge in [-0.3, -0.25) is 0 Å². The SMILES string of the molecule is CC[N+](CC)(CC)CCSSCC[N+](CC)(CC)CC. The normalized spacial score (nSPS) is 12.9. The maximum Gasteiger partial charge on any atom is 0.0886 e. The molecule has 0 aromatic rings. The predicted octanol–water partition coefficient (Wildman–Crippen LogP) is 4.12. The van der Waals surface area contributed by atoms with Crippen molar-refractivity contribution in [3.8, 4) is 0 Å². The van der Waals surface area contributed by atoms with Gasteiger partial charge in [0.2, 0.25) is 0 Å². The number of hydrogen-bond donors (Lipinski definition) is 0. The van der Waals surface area contributed by atoms with Gasteiger partial charge >= 0.3 is 0 Å². The Morgan fingerprint density at radius 2 is 0.750 bits per heavy atom. The summed E-state index contributed by atoms with van der Waals surface area (Å²) in [6.07, 6.45) is 0. The molecule has 0 rings (SSSR count). The maximum atomic E-state index is 2.33. The second kappa shape index (κ2) is 11.2. The zero-order chi connectivity index (χ0) is 15.5. The largest absolute Gasteiger partial charge is 0.324 e. The average Bonchev–Trinajstić information content (AvgIpc) is 2.52. The maximum absolute atomic E-state index is 2.33. The van der Waals surface area contributed by atoms with Gasteiger partial charge in [0.25, 0.3) is 0 Å². The van der Waals surface area contributed by atoms with Crippen LogP contribution in [0.5, 0.6) is 0 Å². The van der Waals surface area contributed by atoms with Crippen LogP contribution in [0.25, 0.3) is 0 Å². The van der Waals surface area contributed by atoms with Gasteiger partial charge in [-0.1, -0.05) is 21.6 Å². The van der Waals surface area contributed by atoms with Gasteiger partial charge in [0.15, 0.2) is 0 Å². The minimum atomic E-state index is 1.28. The first-order valence-corrected chi connectivity index (χ1v) is 11.0. The van der Waals surface area contributed by atoms with Crippen LogP contribution >= 0.6 is 21.6 Å². The Labute approximate surface area is 136 Å². The third-order valence-corrected chi connectivity index (χ3v) is 7.77.